The van der Waals surface area contributed by atoms with Gasteiger partial charge in [-0.15, -0.1) is 0 Å². The van der Waals surface area contributed by atoms with Crippen LogP contribution >= 0.6 is 0 Å². The zero-order valence-electron chi connectivity index (χ0n) is 8.30. The van der Waals surface area contributed by atoms with Gasteiger partial charge in [0.05, 0.1) is 17.4 Å². The van der Waals surface area contributed by atoms with Gasteiger partial charge in [0, 0.05) is 12.1 Å². The summed E-state index contributed by atoms with van der Waals surface area (Å²) in [5, 5.41) is 3.50. The van der Waals surface area contributed by atoms with E-state index >= 15 is 0 Å². The van der Waals surface area contributed by atoms with Crippen molar-refractivity contribution in [3.05, 3.63) is 48.6 Å². The molecule has 0 aromatic heterocycles. The first-order chi connectivity index (χ1) is 7.43. The summed E-state index contributed by atoms with van der Waals surface area (Å²) >= 11 is 0. The SMILES string of the molecule is C1=CC2C=Nc3ccccc3NC2C=C1. The quantitative estimate of drug-likeness (QED) is 0.677. The normalized spacial score (nSPS) is 26.4. The van der Waals surface area contributed by atoms with Crippen LogP contribution in [0.4, 0.5) is 11.4 Å². The van der Waals surface area contributed by atoms with Gasteiger partial charge in [-0.2, -0.15) is 0 Å². The van der Waals surface area contributed by atoms with Crippen LogP contribution in [0.1, 0.15) is 0 Å². The largest absolute Gasteiger partial charge is 0.376 e. The second kappa shape index (κ2) is 3.39. The Hall–Kier alpha value is -1.83. The molecule has 1 aliphatic heterocycles. The van der Waals surface area contributed by atoms with Crippen molar-refractivity contribution in [3.8, 4) is 0 Å². The summed E-state index contributed by atoms with van der Waals surface area (Å²) in [7, 11) is 0. The van der Waals surface area contributed by atoms with Crippen LogP contribution in [0.15, 0.2) is 53.6 Å². The monoisotopic (exact) mass is 196 g/mol. The average Bonchev–Trinajstić information content (AvgIpc) is 2.48. The van der Waals surface area contributed by atoms with E-state index in [0.717, 1.165) is 11.4 Å². The molecule has 1 heterocycles. The van der Waals surface area contributed by atoms with Crippen LogP contribution in [0.25, 0.3) is 0 Å². The number of hydrogen-bond donors (Lipinski definition) is 1. The molecule has 3 rings (SSSR count). The number of allylic oxidation sites excluding steroid dienone is 2. The molecule has 2 nitrogen and oxygen atoms in total. The Morgan fingerprint density at radius 3 is 2.93 bits per heavy atom. The highest BCUT2D eigenvalue weighted by Crippen LogP contribution is 2.30. The predicted octanol–water partition coefficient (Wildman–Crippen LogP) is 2.93. The molecular formula is C13H12N2. The first kappa shape index (κ1) is 8.48. The molecule has 0 radical (unpaired) electrons. The molecule has 2 unspecified atom stereocenters. The lowest BCUT2D eigenvalue weighted by atomic mass is 9.96. The molecule has 2 atom stereocenters. The summed E-state index contributed by atoms with van der Waals surface area (Å²) in [6, 6.07) is 8.48. The van der Waals surface area contributed by atoms with Crippen molar-refractivity contribution in [2.24, 2.45) is 10.9 Å². The van der Waals surface area contributed by atoms with E-state index in [1.807, 2.05) is 24.4 Å². The fourth-order valence-electron chi connectivity index (χ4n) is 1.97. The van der Waals surface area contributed by atoms with E-state index in [9.17, 15) is 0 Å². The Labute approximate surface area is 89.0 Å². The van der Waals surface area contributed by atoms with Crippen LogP contribution in [0.3, 0.4) is 0 Å². The molecule has 1 aliphatic carbocycles. The van der Waals surface area contributed by atoms with Gasteiger partial charge in [0.2, 0.25) is 0 Å². The molecule has 0 saturated carbocycles. The van der Waals surface area contributed by atoms with Gasteiger partial charge in [0.25, 0.3) is 0 Å². The van der Waals surface area contributed by atoms with Gasteiger partial charge in [0.15, 0.2) is 0 Å². The van der Waals surface area contributed by atoms with E-state index in [1.165, 1.54) is 0 Å². The molecule has 1 aromatic carbocycles. The van der Waals surface area contributed by atoms with Crippen molar-refractivity contribution in [2.45, 2.75) is 6.04 Å². The summed E-state index contributed by atoms with van der Waals surface area (Å²) in [5.74, 6) is 0.363. The molecule has 15 heavy (non-hydrogen) atoms. The Kier molecular flexibility index (Phi) is 1.91. The number of aliphatic imine (C=N–C) groups is 1. The van der Waals surface area contributed by atoms with E-state index in [2.05, 4.69) is 40.7 Å². The molecule has 0 bridgehead atoms. The van der Waals surface area contributed by atoms with Crippen LogP contribution in [-0.4, -0.2) is 12.3 Å². The number of hydrogen-bond acceptors (Lipinski definition) is 2. The van der Waals surface area contributed by atoms with E-state index in [1.54, 1.807) is 0 Å². The van der Waals surface area contributed by atoms with Crippen molar-refractivity contribution >= 4 is 17.6 Å². The van der Waals surface area contributed by atoms with Crippen LogP contribution in [0.2, 0.25) is 0 Å². The molecule has 74 valence electrons. The molecule has 2 aliphatic rings. The first-order valence-electron chi connectivity index (χ1n) is 5.18. The molecule has 1 N–H and O–H groups in total. The molecular weight excluding hydrogens is 184 g/mol. The number of para-hydroxylation sites is 2. The average molecular weight is 196 g/mol. The number of rotatable bonds is 0. The van der Waals surface area contributed by atoms with Crippen molar-refractivity contribution < 1.29 is 0 Å². The second-order valence-corrected chi connectivity index (χ2v) is 3.81. The Morgan fingerprint density at radius 2 is 1.93 bits per heavy atom. The third kappa shape index (κ3) is 1.48. The van der Waals surface area contributed by atoms with Gasteiger partial charge in [-0.05, 0) is 12.1 Å². The van der Waals surface area contributed by atoms with Crippen molar-refractivity contribution in [2.75, 3.05) is 5.32 Å². The second-order valence-electron chi connectivity index (χ2n) is 3.81. The number of nitrogens with one attached hydrogen (secondary N) is 1. The highest BCUT2D eigenvalue weighted by molar-refractivity contribution is 5.79. The van der Waals surface area contributed by atoms with Crippen molar-refractivity contribution in [3.63, 3.8) is 0 Å². The zero-order valence-corrected chi connectivity index (χ0v) is 8.30. The maximum atomic E-state index is 4.50. The van der Waals surface area contributed by atoms with Crippen molar-refractivity contribution in [1.29, 1.82) is 0 Å². The lowest BCUT2D eigenvalue weighted by Gasteiger charge is -2.21. The summed E-state index contributed by atoms with van der Waals surface area (Å²) in [6.45, 7) is 0. The van der Waals surface area contributed by atoms with E-state index < -0.39 is 0 Å². The number of fused-ring (bicyclic) bond motifs is 2. The third-order valence-electron chi connectivity index (χ3n) is 2.79. The smallest absolute Gasteiger partial charge is 0.0857 e. The molecule has 2 heteroatoms. The Morgan fingerprint density at radius 1 is 1.07 bits per heavy atom. The summed E-state index contributed by atoms with van der Waals surface area (Å²) in [6.07, 6.45) is 10.5. The van der Waals surface area contributed by atoms with Gasteiger partial charge >= 0.3 is 0 Å². The third-order valence-corrected chi connectivity index (χ3v) is 2.79. The summed E-state index contributed by atoms with van der Waals surface area (Å²) in [4.78, 5) is 4.50. The Bertz CT molecular complexity index is 457. The molecule has 0 fully saturated rings. The highest BCUT2D eigenvalue weighted by atomic mass is 15.0. The fourth-order valence-corrected chi connectivity index (χ4v) is 1.97. The Balaban J connectivity index is 2.04. The lowest BCUT2D eigenvalue weighted by molar-refractivity contribution is 0.781. The minimum absolute atomic E-state index is 0.336. The number of benzene rings is 1. The van der Waals surface area contributed by atoms with Gasteiger partial charge in [0.1, 0.15) is 0 Å². The maximum absolute atomic E-state index is 4.50. The fraction of sp³-hybridized carbons (Fsp3) is 0.154. The lowest BCUT2D eigenvalue weighted by Crippen LogP contribution is -2.26. The maximum Gasteiger partial charge on any atom is 0.0857 e. The van der Waals surface area contributed by atoms with Crippen LogP contribution < -0.4 is 5.32 Å². The zero-order chi connectivity index (χ0) is 10.1. The van der Waals surface area contributed by atoms with Crippen LogP contribution in [0.5, 0.6) is 0 Å². The minimum atomic E-state index is 0.336. The first-order valence-corrected chi connectivity index (χ1v) is 5.18. The predicted molar refractivity (Wildman–Crippen MR) is 63.8 cm³/mol. The van der Waals surface area contributed by atoms with Gasteiger partial charge < -0.3 is 5.32 Å². The van der Waals surface area contributed by atoms with E-state index in [4.69, 9.17) is 0 Å². The topological polar surface area (TPSA) is 24.4 Å². The van der Waals surface area contributed by atoms with Crippen LogP contribution in [0, 0.1) is 5.92 Å². The van der Waals surface area contributed by atoms with Crippen molar-refractivity contribution in [1.82, 2.24) is 0 Å². The number of nitrogens with zero attached hydrogens (tertiary/aromatic N) is 1. The minimum Gasteiger partial charge on any atom is -0.376 e. The molecule has 0 saturated heterocycles. The van der Waals surface area contributed by atoms with Gasteiger partial charge in [-0.3, -0.25) is 4.99 Å². The highest BCUT2D eigenvalue weighted by Gasteiger charge is 2.19. The van der Waals surface area contributed by atoms with Crippen LogP contribution in [-0.2, 0) is 0 Å². The van der Waals surface area contributed by atoms with E-state index in [0.29, 0.717) is 12.0 Å². The summed E-state index contributed by atoms with van der Waals surface area (Å²) < 4.78 is 0. The van der Waals surface area contributed by atoms with E-state index in [-0.39, 0.29) is 0 Å². The molecule has 0 amide bonds. The van der Waals surface area contributed by atoms with Gasteiger partial charge in [-0.25, -0.2) is 0 Å². The van der Waals surface area contributed by atoms with Gasteiger partial charge in [-0.1, -0.05) is 36.4 Å². The number of anilines is 1. The molecule has 1 aromatic rings. The molecule has 0 spiro atoms. The summed E-state index contributed by atoms with van der Waals surface area (Å²) in [5.41, 5.74) is 2.13. The standard InChI is InChI=1S/C13H12N2/c1-2-6-11-10(5-1)9-14-12-7-3-4-8-13(12)15-11/h1-11,15H.